The fourth-order valence-electron chi connectivity index (χ4n) is 3.32. The van der Waals surface area contributed by atoms with Gasteiger partial charge in [-0.25, -0.2) is 0 Å². The van der Waals surface area contributed by atoms with Crippen molar-refractivity contribution in [2.75, 3.05) is 6.61 Å². The van der Waals surface area contributed by atoms with E-state index in [9.17, 15) is 25.5 Å². The molecule has 1 aliphatic heterocycles. The minimum Gasteiger partial charge on any atom is -0.508 e. The Morgan fingerprint density at radius 1 is 1.00 bits per heavy atom. The van der Waals surface area contributed by atoms with E-state index in [-0.39, 0.29) is 23.5 Å². The smallest absolute Gasteiger partial charge is 0.303 e. The number of aromatic hydroxyl groups is 2. The Labute approximate surface area is 196 Å². The van der Waals surface area contributed by atoms with Gasteiger partial charge in [0.2, 0.25) is 0 Å². The molecule has 1 heterocycles. The summed E-state index contributed by atoms with van der Waals surface area (Å²) in [4.78, 5) is 10.6. The van der Waals surface area contributed by atoms with Gasteiger partial charge in [-0.1, -0.05) is 0 Å². The summed E-state index contributed by atoms with van der Waals surface area (Å²) in [6.07, 6.45) is 6.97. The molecule has 0 bridgehead atoms. The van der Waals surface area contributed by atoms with E-state index in [0.717, 1.165) is 0 Å². The van der Waals surface area contributed by atoms with E-state index < -0.39 is 5.97 Å². The first kappa shape index (κ1) is 24.0. The number of phenols is 2. The molecule has 8 heteroatoms. The van der Waals surface area contributed by atoms with Crippen LogP contribution in [0.4, 0.5) is 0 Å². The Bertz CT molecular complexity index is 1250. The van der Waals surface area contributed by atoms with Gasteiger partial charge in [-0.15, -0.1) is 0 Å². The van der Waals surface area contributed by atoms with E-state index >= 15 is 0 Å². The number of carboxylic acid groups (broad SMARTS) is 1. The fraction of sp³-hybridized carbons (Fsp3) is 0.192. The van der Waals surface area contributed by atoms with Crippen LogP contribution < -0.4 is 9.47 Å². The normalized spacial score (nSPS) is 12.2. The zero-order valence-electron chi connectivity index (χ0n) is 18.2. The lowest BCUT2D eigenvalue weighted by Gasteiger charge is -2.19. The van der Waals surface area contributed by atoms with Crippen LogP contribution in [0.25, 0.3) is 11.6 Å². The molecule has 34 heavy (non-hydrogen) atoms. The van der Waals surface area contributed by atoms with Crippen LogP contribution in [0.2, 0.25) is 0 Å². The van der Waals surface area contributed by atoms with Crippen molar-refractivity contribution >= 4 is 17.6 Å². The number of benzene rings is 2. The quantitative estimate of drug-likeness (QED) is 0.355. The first-order valence-corrected chi connectivity index (χ1v) is 10.5. The van der Waals surface area contributed by atoms with Crippen molar-refractivity contribution in [2.24, 2.45) is 0 Å². The third kappa shape index (κ3) is 6.18. The third-order valence-electron chi connectivity index (χ3n) is 4.98. The van der Waals surface area contributed by atoms with Crippen molar-refractivity contribution in [3.8, 4) is 35.1 Å². The summed E-state index contributed by atoms with van der Waals surface area (Å²) < 4.78 is 11.6. The maximum absolute atomic E-state index is 10.6. The van der Waals surface area contributed by atoms with Crippen LogP contribution in [0.5, 0.6) is 23.0 Å². The van der Waals surface area contributed by atoms with Gasteiger partial charge in [-0.2, -0.15) is 10.5 Å². The zero-order valence-corrected chi connectivity index (χ0v) is 18.2. The molecule has 8 nitrogen and oxygen atoms in total. The molecule has 0 radical (unpaired) electrons. The Kier molecular flexibility index (Phi) is 7.93. The van der Waals surface area contributed by atoms with Gasteiger partial charge in [0.1, 0.15) is 46.5 Å². The Balaban J connectivity index is 1.80. The molecule has 2 aromatic carbocycles. The Morgan fingerprint density at radius 2 is 1.74 bits per heavy atom. The SMILES string of the molecule is N#CC(C#N)=C1C=C(/C=C/c2ccc(O)cc2OCCCCCC(=O)O)Oc2ccc(O)cc21. The number of hydrogen-bond donors (Lipinski definition) is 3. The second kappa shape index (κ2) is 11.3. The maximum atomic E-state index is 10.6. The predicted octanol–water partition coefficient (Wildman–Crippen LogP) is 4.91. The van der Waals surface area contributed by atoms with Gasteiger partial charge in [0, 0.05) is 29.2 Å². The second-order valence-corrected chi connectivity index (χ2v) is 7.45. The number of fused-ring (bicyclic) bond motifs is 1. The molecule has 0 saturated heterocycles. The highest BCUT2D eigenvalue weighted by Gasteiger charge is 2.20. The molecular formula is C26H22N2O6. The highest BCUT2D eigenvalue weighted by atomic mass is 16.5. The standard InChI is InChI=1S/C26H22N2O6/c27-15-18(16-28)22-14-21(34-24-10-8-19(29)12-23(22)24)9-6-17-5-7-20(30)13-25(17)33-11-3-1-2-4-26(31)32/h5-10,12-14,29-30H,1-4,11H2,(H,31,32)/b9-6+. The van der Waals surface area contributed by atoms with Gasteiger partial charge in [0.05, 0.1) is 6.61 Å². The van der Waals surface area contributed by atoms with Crippen molar-refractivity contribution in [3.05, 3.63) is 71.0 Å². The molecule has 1 aliphatic rings. The molecule has 0 atom stereocenters. The second-order valence-electron chi connectivity index (χ2n) is 7.45. The van der Waals surface area contributed by atoms with Gasteiger partial charge < -0.3 is 24.8 Å². The number of phenolic OH excluding ortho intramolecular Hbond substituents is 2. The largest absolute Gasteiger partial charge is 0.508 e. The number of rotatable bonds is 9. The summed E-state index contributed by atoms with van der Waals surface area (Å²) in [5.41, 5.74) is 1.32. The lowest BCUT2D eigenvalue weighted by atomic mass is 9.97. The van der Waals surface area contributed by atoms with Crippen LogP contribution in [0.15, 0.2) is 59.9 Å². The van der Waals surface area contributed by atoms with Crippen molar-refractivity contribution < 1.29 is 29.6 Å². The molecule has 3 rings (SSSR count). The van der Waals surface area contributed by atoms with Crippen molar-refractivity contribution in [2.45, 2.75) is 25.7 Å². The summed E-state index contributed by atoms with van der Waals surface area (Å²) in [5.74, 6) is 0.399. The summed E-state index contributed by atoms with van der Waals surface area (Å²) in [5, 5.41) is 47.0. The summed E-state index contributed by atoms with van der Waals surface area (Å²) in [7, 11) is 0. The molecule has 0 unspecified atom stereocenters. The van der Waals surface area contributed by atoms with Crippen LogP contribution in [0.3, 0.4) is 0 Å². The monoisotopic (exact) mass is 458 g/mol. The van der Waals surface area contributed by atoms with Crippen LogP contribution in [-0.4, -0.2) is 27.9 Å². The number of unbranched alkanes of at least 4 members (excludes halogenated alkanes) is 2. The first-order chi connectivity index (χ1) is 16.4. The van der Waals surface area contributed by atoms with Crippen molar-refractivity contribution in [1.82, 2.24) is 0 Å². The van der Waals surface area contributed by atoms with Crippen LogP contribution in [0, 0.1) is 22.7 Å². The average Bonchev–Trinajstić information content (AvgIpc) is 2.81. The lowest BCUT2D eigenvalue weighted by Crippen LogP contribution is -2.04. The zero-order chi connectivity index (χ0) is 24.5. The van der Waals surface area contributed by atoms with Crippen molar-refractivity contribution in [1.29, 1.82) is 10.5 Å². The summed E-state index contributed by atoms with van der Waals surface area (Å²) in [6.45, 7) is 0.362. The van der Waals surface area contributed by atoms with Crippen molar-refractivity contribution in [3.63, 3.8) is 0 Å². The van der Waals surface area contributed by atoms with Gasteiger partial charge in [0.15, 0.2) is 0 Å². The van der Waals surface area contributed by atoms with E-state index in [1.165, 1.54) is 24.3 Å². The van der Waals surface area contributed by atoms with E-state index in [4.69, 9.17) is 14.6 Å². The Morgan fingerprint density at radius 3 is 2.47 bits per heavy atom. The molecule has 2 aromatic rings. The molecular weight excluding hydrogens is 436 g/mol. The first-order valence-electron chi connectivity index (χ1n) is 10.5. The van der Waals surface area contributed by atoms with Gasteiger partial charge in [-0.05, 0) is 67.8 Å². The molecule has 0 aliphatic carbocycles. The number of aliphatic carboxylic acids is 1. The molecule has 0 aromatic heterocycles. The molecule has 0 fully saturated rings. The maximum Gasteiger partial charge on any atom is 0.303 e. The topological polar surface area (TPSA) is 144 Å². The Hall–Kier alpha value is -4.69. The number of nitrogens with zero attached hydrogens (tertiary/aromatic N) is 2. The third-order valence-corrected chi connectivity index (χ3v) is 4.98. The number of ether oxygens (including phenoxy) is 2. The molecule has 0 spiro atoms. The lowest BCUT2D eigenvalue weighted by molar-refractivity contribution is -0.137. The minimum absolute atomic E-state index is 0.0173. The van der Waals surface area contributed by atoms with Gasteiger partial charge in [0.25, 0.3) is 0 Å². The van der Waals surface area contributed by atoms with Gasteiger partial charge in [-0.3, -0.25) is 4.79 Å². The molecule has 0 amide bonds. The van der Waals surface area contributed by atoms with E-state index in [1.54, 1.807) is 30.4 Å². The van der Waals surface area contributed by atoms with Crippen LogP contribution in [0.1, 0.15) is 36.8 Å². The number of carbonyl (C=O) groups is 1. The predicted molar refractivity (Wildman–Crippen MR) is 124 cm³/mol. The van der Waals surface area contributed by atoms with Crippen LogP contribution in [-0.2, 0) is 4.79 Å². The average molecular weight is 458 g/mol. The number of carboxylic acids is 1. The summed E-state index contributed by atoms with van der Waals surface area (Å²) in [6, 6.07) is 12.8. The van der Waals surface area contributed by atoms with E-state index in [2.05, 4.69) is 0 Å². The highest BCUT2D eigenvalue weighted by molar-refractivity contribution is 5.87. The summed E-state index contributed by atoms with van der Waals surface area (Å²) >= 11 is 0. The van der Waals surface area contributed by atoms with E-state index in [0.29, 0.717) is 59.8 Å². The molecule has 0 saturated carbocycles. The van der Waals surface area contributed by atoms with E-state index in [1.807, 2.05) is 12.1 Å². The fourth-order valence-corrected chi connectivity index (χ4v) is 3.32. The van der Waals surface area contributed by atoms with Gasteiger partial charge >= 0.3 is 5.97 Å². The molecule has 3 N–H and O–H groups in total. The molecule has 172 valence electrons. The number of allylic oxidation sites excluding steroid dienone is 4. The highest BCUT2D eigenvalue weighted by Crippen LogP contribution is 2.38. The van der Waals surface area contributed by atoms with Crippen LogP contribution >= 0.6 is 0 Å². The minimum atomic E-state index is -0.824. The number of nitriles is 2. The number of hydrogen-bond acceptors (Lipinski definition) is 7.